The number of carboxylic acid groups (broad SMARTS) is 1. The van der Waals surface area contributed by atoms with Crippen LogP contribution >= 0.6 is 0 Å². The van der Waals surface area contributed by atoms with Crippen LogP contribution in [0.2, 0.25) is 0 Å². The van der Waals surface area contributed by atoms with Crippen LogP contribution in [0.1, 0.15) is 39.0 Å². The van der Waals surface area contributed by atoms with Gasteiger partial charge in [0.1, 0.15) is 18.3 Å². The Hall–Kier alpha value is -1.02. The van der Waals surface area contributed by atoms with Gasteiger partial charge in [0.05, 0.1) is 12.2 Å². The molecule has 0 saturated carbocycles. The van der Waals surface area contributed by atoms with Crippen molar-refractivity contribution in [1.82, 2.24) is 0 Å². The number of hydrogen-bond acceptors (Lipinski definition) is 6. The van der Waals surface area contributed by atoms with Crippen LogP contribution in [0.15, 0.2) is 0 Å². The number of unbranched alkanes of at least 4 members (excludes halogenated alkanes) is 1. The average Bonchev–Trinajstić information content (AvgIpc) is 2.34. The third kappa shape index (κ3) is 5.96. The molecule has 1 heterocycles. The monoisotopic (exact) mass is 290 g/mol. The van der Waals surface area contributed by atoms with E-state index in [4.69, 9.17) is 14.6 Å². The van der Waals surface area contributed by atoms with Crippen LogP contribution in [0, 0.1) is 0 Å². The number of aliphatic hydroxyl groups excluding tert-OH is 2. The molecule has 7 nitrogen and oxygen atoms in total. The molecule has 3 N–H and O–H groups in total. The summed E-state index contributed by atoms with van der Waals surface area (Å²) >= 11 is 0. The Kier molecular flexibility index (Phi) is 7.08. The highest BCUT2D eigenvalue weighted by atomic mass is 16.7. The molecule has 116 valence electrons. The molecule has 0 amide bonds. The summed E-state index contributed by atoms with van der Waals surface area (Å²) in [6.07, 6.45) is -1.62. The molecule has 1 aliphatic rings. The number of ketones is 1. The van der Waals surface area contributed by atoms with Gasteiger partial charge in [0, 0.05) is 19.4 Å². The first-order chi connectivity index (χ1) is 9.40. The topological polar surface area (TPSA) is 113 Å². The number of aliphatic hydroxyl groups is 2. The largest absolute Gasteiger partial charge is 0.481 e. The van der Waals surface area contributed by atoms with Gasteiger partial charge in [-0.1, -0.05) is 0 Å². The Bertz CT molecular complexity index is 331. The number of hydrogen-bond donors (Lipinski definition) is 3. The molecule has 7 heteroatoms. The molecule has 0 aromatic heterocycles. The van der Waals surface area contributed by atoms with Gasteiger partial charge >= 0.3 is 5.97 Å². The number of carbonyl (C=O) groups is 2. The highest BCUT2D eigenvalue weighted by Gasteiger charge is 2.34. The third-order valence-corrected chi connectivity index (χ3v) is 3.17. The molecule has 1 rings (SSSR count). The van der Waals surface area contributed by atoms with Gasteiger partial charge in [-0.2, -0.15) is 0 Å². The van der Waals surface area contributed by atoms with Crippen LogP contribution in [0.5, 0.6) is 0 Å². The SMILES string of the molecule is C[C@@H]1O[C@@H](OCCCCC(=O)CC(=O)O)[C@H](O)C[C@H]1O. The zero-order valence-corrected chi connectivity index (χ0v) is 11.5. The lowest BCUT2D eigenvalue weighted by Crippen LogP contribution is -2.47. The Morgan fingerprint density at radius 2 is 1.95 bits per heavy atom. The van der Waals surface area contributed by atoms with Crippen LogP contribution in [0.25, 0.3) is 0 Å². The Morgan fingerprint density at radius 3 is 2.60 bits per heavy atom. The second kappa shape index (κ2) is 8.31. The van der Waals surface area contributed by atoms with E-state index in [1.807, 2.05) is 0 Å². The van der Waals surface area contributed by atoms with E-state index in [1.54, 1.807) is 6.92 Å². The van der Waals surface area contributed by atoms with Crippen molar-refractivity contribution < 1.29 is 34.4 Å². The summed E-state index contributed by atoms with van der Waals surface area (Å²) in [6, 6.07) is 0. The van der Waals surface area contributed by atoms with Crippen molar-refractivity contribution >= 4 is 11.8 Å². The summed E-state index contributed by atoms with van der Waals surface area (Å²) in [5.41, 5.74) is 0. The van der Waals surface area contributed by atoms with Gasteiger partial charge < -0.3 is 24.8 Å². The second-order valence-electron chi connectivity index (χ2n) is 5.02. The minimum atomic E-state index is -1.11. The molecular weight excluding hydrogens is 268 g/mol. The fourth-order valence-corrected chi connectivity index (χ4v) is 1.97. The van der Waals surface area contributed by atoms with E-state index in [1.165, 1.54) is 0 Å². The fourth-order valence-electron chi connectivity index (χ4n) is 1.97. The molecule has 1 saturated heterocycles. The quantitative estimate of drug-likeness (QED) is 0.428. The first kappa shape index (κ1) is 17.0. The Balaban J connectivity index is 2.12. The maximum absolute atomic E-state index is 11.1. The van der Waals surface area contributed by atoms with Gasteiger partial charge in [0.25, 0.3) is 0 Å². The average molecular weight is 290 g/mol. The van der Waals surface area contributed by atoms with Gasteiger partial charge in [0.2, 0.25) is 0 Å². The first-order valence-electron chi connectivity index (χ1n) is 6.77. The van der Waals surface area contributed by atoms with Crippen molar-refractivity contribution in [3.05, 3.63) is 0 Å². The molecular formula is C13H22O7. The predicted molar refractivity (Wildman–Crippen MR) is 68.0 cm³/mol. The maximum atomic E-state index is 11.1. The lowest BCUT2D eigenvalue weighted by molar-refractivity contribution is -0.261. The number of ether oxygens (including phenoxy) is 2. The zero-order chi connectivity index (χ0) is 15.1. The van der Waals surface area contributed by atoms with Crippen LogP contribution < -0.4 is 0 Å². The van der Waals surface area contributed by atoms with Crippen LogP contribution in [0.3, 0.4) is 0 Å². The van der Waals surface area contributed by atoms with E-state index in [-0.39, 0.29) is 24.7 Å². The molecule has 20 heavy (non-hydrogen) atoms. The van der Waals surface area contributed by atoms with E-state index in [2.05, 4.69) is 0 Å². The van der Waals surface area contributed by atoms with Gasteiger partial charge in [0.15, 0.2) is 6.29 Å². The molecule has 0 radical (unpaired) electrons. The number of rotatable bonds is 8. The third-order valence-electron chi connectivity index (χ3n) is 3.17. The summed E-state index contributed by atoms with van der Waals surface area (Å²) in [5.74, 6) is -1.42. The molecule has 1 aliphatic heterocycles. The molecule has 4 atom stereocenters. The zero-order valence-electron chi connectivity index (χ0n) is 11.5. The molecule has 0 aromatic carbocycles. The number of carbonyl (C=O) groups excluding carboxylic acids is 1. The Morgan fingerprint density at radius 1 is 1.25 bits per heavy atom. The lowest BCUT2D eigenvalue weighted by atomic mass is 10.0. The summed E-state index contributed by atoms with van der Waals surface area (Å²) in [5, 5.41) is 27.6. The van der Waals surface area contributed by atoms with E-state index in [0.717, 1.165) is 0 Å². The van der Waals surface area contributed by atoms with Gasteiger partial charge in [-0.3, -0.25) is 9.59 Å². The van der Waals surface area contributed by atoms with E-state index in [0.29, 0.717) is 19.4 Å². The number of Topliss-reactive ketones (excluding diaryl/α,β-unsaturated/α-hetero) is 1. The normalized spacial score (nSPS) is 30.1. The standard InChI is InChI=1S/C13H22O7/c1-8-10(15)7-11(16)13(20-8)19-5-3-2-4-9(14)6-12(17)18/h8,10-11,13,15-16H,2-7H2,1H3,(H,17,18)/t8-,10+,11+,13+/m0/s1. The van der Waals surface area contributed by atoms with Gasteiger partial charge in [-0.15, -0.1) is 0 Å². The van der Waals surface area contributed by atoms with E-state index >= 15 is 0 Å². The Labute approximate surface area is 117 Å². The van der Waals surface area contributed by atoms with Crippen LogP contribution in [-0.2, 0) is 19.1 Å². The van der Waals surface area contributed by atoms with Crippen molar-refractivity contribution in [2.45, 2.75) is 63.6 Å². The van der Waals surface area contributed by atoms with E-state index < -0.39 is 30.9 Å². The molecule has 0 aromatic rings. The summed E-state index contributed by atoms with van der Waals surface area (Å²) in [7, 11) is 0. The molecule has 0 spiro atoms. The lowest BCUT2D eigenvalue weighted by Gasteiger charge is -2.35. The maximum Gasteiger partial charge on any atom is 0.310 e. The predicted octanol–water partition coefficient (Wildman–Crippen LogP) is 0.0738. The summed E-state index contributed by atoms with van der Waals surface area (Å²) in [4.78, 5) is 21.4. The first-order valence-corrected chi connectivity index (χ1v) is 6.77. The van der Waals surface area contributed by atoms with Crippen LogP contribution in [0.4, 0.5) is 0 Å². The molecule has 1 fully saturated rings. The molecule has 0 aliphatic carbocycles. The van der Waals surface area contributed by atoms with Crippen LogP contribution in [-0.4, -0.2) is 58.3 Å². The summed E-state index contributed by atoms with van der Waals surface area (Å²) in [6.45, 7) is 2.02. The highest BCUT2D eigenvalue weighted by Crippen LogP contribution is 2.21. The van der Waals surface area contributed by atoms with Crippen molar-refractivity contribution in [2.24, 2.45) is 0 Å². The van der Waals surface area contributed by atoms with E-state index in [9.17, 15) is 19.8 Å². The molecule has 0 bridgehead atoms. The van der Waals surface area contributed by atoms with Gasteiger partial charge in [-0.05, 0) is 19.8 Å². The van der Waals surface area contributed by atoms with Crippen molar-refractivity contribution in [2.75, 3.05) is 6.61 Å². The second-order valence-corrected chi connectivity index (χ2v) is 5.02. The number of aliphatic carboxylic acids is 1. The molecule has 0 unspecified atom stereocenters. The number of carboxylic acids is 1. The smallest absolute Gasteiger partial charge is 0.310 e. The summed E-state index contributed by atoms with van der Waals surface area (Å²) < 4.78 is 10.7. The minimum Gasteiger partial charge on any atom is -0.481 e. The van der Waals surface area contributed by atoms with Crippen molar-refractivity contribution in [3.8, 4) is 0 Å². The van der Waals surface area contributed by atoms with Gasteiger partial charge in [-0.25, -0.2) is 0 Å². The fraction of sp³-hybridized carbons (Fsp3) is 0.846. The van der Waals surface area contributed by atoms with Crippen molar-refractivity contribution in [3.63, 3.8) is 0 Å². The van der Waals surface area contributed by atoms with Crippen molar-refractivity contribution in [1.29, 1.82) is 0 Å². The highest BCUT2D eigenvalue weighted by molar-refractivity contribution is 5.94. The minimum absolute atomic E-state index is 0.207.